The number of aromatic nitrogens is 2. The largest absolute Gasteiger partial charge is 0.347 e. The van der Waals surface area contributed by atoms with Gasteiger partial charge in [0, 0.05) is 37.5 Å². The summed E-state index contributed by atoms with van der Waals surface area (Å²) >= 11 is 1.82. The van der Waals surface area contributed by atoms with Crippen LogP contribution >= 0.6 is 11.8 Å². The van der Waals surface area contributed by atoms with Gasteiger partial charge < -0.3 is 15.2 Å². The number of nitrogens with zero attached hydrogens (tertiary/aromatic N) is 2. The van der Waals surface area contributed by atoms with Gasteiger partial charge in [0.1, 0.15) is 5.82 Å². The van der Waals surface area contributed by atoms with E-state index in [2.05, 4.69) is 15.3 Å². The van der Waals surface area contributed by atoms with Crippen molar-refractivity contribution in [3.8, 4) is 0 Å². The number of thioether (sulfide) groups is 1. The molecule has 0 saturated carbocycles. The number of H-pyrrole nitrogens is 1. The van der Waals surface area contributed by atoms with Crippen molar-refractivity contribution in [1.82, 2.24) is 20.2 Å². The van der Waals surface area contributed by atoms with E-state index in [4.69, 9.17) is 0 Å². The Balaban J connectivity index is 1.88. The van der Waals surface area contributed by atoms with Crippen LogP contribution in [0, 0.1) is 0 Å². The summed E-state index contributed by atoms with van der Waals surface area (Å²) in [4.78, 5) is 20.8. The van der Waals surface area contributed by atoms with E-state index in [1.165, 1.54) is 0 Å². The van der Waals surface area contributed by atoms with Gasteiger partial charge in [-0.1, -0.05) is 0 Å². The third-order valence-corrected chi connectivity index (χ3v) is 3.60. The normalized spacial score (nSPS) is 20.7. The monoisotopic (exact) mass is 240 g/mol. The summed E-state index contributed by atoms with van der Waals surface area (Å²) in [5, 5.41) is 3.24. The Morgan fingerprint density at radius 1 is 1.75 bits per heavy atom. The number of imidazole rings is 1. The van der Waals surface area contributed by atoms with Crippen LogP contribution in [-0.2, 0) is 11.3 Å². The number of carbonyl (C=O) groups is 1. The summed E-state index contributed by atoms with van der Waals surface area (Å²) < 4.78 is 0. The fourth-order valence-electron chi connectivity index (χ4n) is 1.68. The third-order valence-electron chi connectivity index (χ3n) is 2.54. The van der Waals surface area contributed by atoms with Gasteiger partial charge in [-0.2, -0.15) is 11.8 Å². The van der Waals surface area contributed by atoms with Crippen molar-refractivity contribution in [3.63, 3.8) is 0 Å². The van der Waals surface area contributed by atoms with Crippen LogP contribution in [0.25, 0.3) is 0 Å². The summed E-state index contributed by atoms with van der Waals surface area (Å²) in [7, 11) is 1.81. The minimum absolute atomic E-state index is 0.0429. The maximum atomic E-state index is 12.0. The smallest absolute Gasteiger partial charge is 0.240 e. The molecule has 6 heteroatoms. The molecule has 1 aliphatic rings. The highest BCUT2D eigenvalue weighted by atomic mass is 32.2. The molecule has 0 aromatic carbocycles. The molecule has 2 rings (SSSR count). The first-order valence-electron chi connectivity index (χ1n) is 5.32. The predicted molar refractivity (Wildman–Crippen MR) is 64.2 cm³/mol. The lowest BCUT2D eigenvalue weighted by atomic mass is 10.3. The maximum Gasteiger partial charge on any atom is 0.240 e. The molecule has 1 atom stereocenters. The van der Waals surface area contributed by atoms with Crippen LogP contribution in [-0.4, -0.2) is 51.9 Å². The van der Waals surface area contributed by atoms with E-state index < -0.39 is 0 Å². The van der Waals surface area contributed by atoms with Crippen LogP contribution in [0.5, 0.6) is 0 Å². The molecule has 0 radical (unpaired) electrons. The van der Waals surface area contributed by atoms with Crippen LogP contribution in [0.4, 0.5) is 0 Å². The number of likely N-dealkylation sites (N-methyl/N-ethyl adjacent to an activating group) is 1. The molecule has 1 unspecified atom stereocenters. The highest BCUT2D eigenvalue weighted by molar-refractivity contribution is 7.99. The van der Waals surface area contributed by atoms with Crippen LogP contribution in [0.2, 0.25) is 0 Å². The van der Waals surface area contributed by atoms with E-state index >= 15 is 0 Å². The van der Waals surface area contributed by atoms with E-state index in [1.54, 1.807) is 17.3 Å². The summed E-state index contributed by atoms with van der Waals surface area (Å²) in [6.45, 7) is 1.45. The predicted octanol–water partition coefficient (Wildman–Crippen LogP) is 0.0731. The molecule has 2 heterocycles. The van der Waals surface area contributed by atoms with Crippen molar-refractivity contribution in [3.05, 3.63) is 18.2 Å². The van der Waals surface area contributed by atoms with E-state index in [1.807, 2.05) is 18.8 Å². The van der Waals surface area contributed by atoms with Gasteiger partial charge in [-0.3, -0.25) is 4.79 Å². The van der Waals surface area contributed by atoms with Crippen molar-refractivity contribution >= 4 is 17.7 Å². The van der Waals surface area contributed by atoms with Crippen molar-refractivity contribution in [2.24, 2.45) is 0 Å². The zero-order chi connectivity index (χ0) is 11.4. The maximum absolute atomic E-state index is 12.0. The van der Waals surface area contributed by atoms with Crippen LogP contribution in [0.3, 0.4) is 0 Å². The molecule has 0 bridgehead atoms. The zero-order valence-corrected chi connectivity index (χ0v) is 10.1. The van der Waals surface area contributed by atoms with Crippen LogP contribution in [0.15, 0.2) is 12.4 Å². The van der Waals surface area contributed by atoms with Crippen molar-refractivity contribution < 1.29 is 4.79 Å². The average molecular weight is 240 g/mol. The minimum atomic E-state index is -0.0429. The van der Waals surface area contributed by atoms with Gasteiger partial charge >= 0.3 is 0 Å². The quantitative estimate of drug-likeness (QED) is 0.785. The molecule has 2 N–H and O–H groups in total. The fraction of sp³-hybridized carbons (Fsp3) is 0.600. The molecule has 16 heavy (non-hydrogen) atoms. The van der Waals surface area contributed by atoms with Crippen molar-refractivity contribution in [1.29, 1.82) is 0 Å². The molecule has 0 aliphatic carbocycles. The molecule has 1 aromatic heterocycles. The Bertz CT molecular complexity index is 335. The van der Waals surface area contributed by atoms with Crippen LogP contribution < -0.4 is 5.32 Å². The average Bonchev–Trinajstić information content (AvgIpc) is 2.82. The number of nitrogens with one attached hydrogen (secondary N) is 2. The minimum Gasteiger partial charge on any atom is -0.347 e. The molecule has 1 aliphatic heterocycles. The van der Waals surface area contributed by atoms with E-state index in [-0.39, 0.29) is 11.9 Å². The van der Waals surface area contributed by atoms with Gasteiger partial charge in [-0.25, -0.2) is 4.98 Å². The number of carbonyl (C=O) groups excluding carboxylic acids is 1. The standard InChI is InChI=1S/C10H16N4OS/c1-14(6-9-12-2-3-13-9)10(15)8-7-16-5-4-11-8/h2-3,8,11H,4-7H2,1H3,(H,12,13). The number of amides is 1. The van der Waals surface area contributed by atoms with Gasteiger partial charge in [0.25, 0.3) is 0 Å². The van der Waals surface area contributed by atoms with Crippen LogP contribution in [0.1, 0.15) is 5.82 Å². The highest BCUT2D eigenvalue weighted by Gasteiger charge is 2.24. The second-order valence-electron chi connectivity index (χ2n) is 3.81. The Morgan fingerprint density at radius 3 is 3.25 bits per heavy atom. The SMILES string of the molecule is CN(Cc1ncc[nH]1)C(=O)C1CSCCN1. The Kier molecular flexibility index (Phi) is 3.84. The summed E-state index contributed by atoms with van der Waals surface area (Å²) in [5.41, 5.74) is 0. The highest BCUT2D eigenvalue weighted by Crippen LogP contribution is 2.10. The van der Waals surface area contributed by atoms with Gasteiger partial charge in [-0.15, -0.1) is 0 Å². The summed E-state index contributed by atoms with van der Waals surface area (Å²) in [6, 6.07) is -0.0429. The molecular weight excluding hydrogens is 224 g/mol. The van der Waals surface area contributed by atoms with Gasteiger partial charge in [0.05, 0.1) is 12.6 Å². The Morgan fingerprint density at radius 2 is 2.62 bits per heavy atom. The number of hydrogen-bond donors (Lipinski definition) is 2. The molecule has 5 nitrogen and oxygen atoms in total. The second kappa shape index (κ2) is 5.36. The molecule has 1 fully saturated rings. The van der Waals surface area contributed by atoms with E-state index in [9.17, 15) is 4.79 Å². The number of hydrogen-bond acceptors (Lipinski definition) is 4. The molecular formula is C10H16N4OS. The van der Waals surface area contributed by atoms with E-state index in [0.717, 1.165) is 23.9 Å². The van der Waals surface area contributed by atoms with Gasteiger partial charge in [0.2, 0.25) is 5.91 Å². The van der Waals surface area contributed by atoms with Gasteiger partial charge in [-0.05, 0) is 0 Å². The van der Waals surface area contributed by atoms with Crippen molar-refractivity contribution in [2.45, 2.75) is 12.6 Å². The summed E-state index contributed by atoms with van der Waals surface area (Å²) in [6.07, 6.45) is 3.46. The molecule has 1 saturated heterocycles. The third kappa shape index (κ3) is 2.76. The van der Waals surface area contributed by atoms with Gasteiger partial charge in [0.15, 0.2) is 0 Å². The zero-order valence-electron chi connectivity index (χ0n) is 9.27. The summed E-state index contributed by atoms with van der Waals surface area (Å²) in [5.74, 6) is 2.91. The fourth-order valence-corrected chi connectivity index (χ4v) is 2.60. The lowest BCUT2D eigenvalue weighted by molar-refractivity contribution is -0.132. The first kappa shape index (κ1) is 11.5. The Labute approximate surface area is 99.0 Å². The molecule has 0 spiro atoms. The Hall–Kier alpha value is -1.01. The first-order chi connectivity index (χ1) is 7.77. The molecule has 1 amide bonds. The lowest BCUT2D eigenvalue weighted by Crippen LogP contribution is -2.49. The number of aromatic amines is 1. The first-order valence-corrected chi connectivity index (χ1v) is 6.47. The number of rotatable bonds is 3. The van der Waals surface area contributed by atoms with E-state index in [0.29, 0.717) is 6.54 Å². The van der Waals surface area contributed by atoms with Crippen molar-refractivity contribution in [2.75, 3.05) is 25.1 Å². The lowest BCUT2D eigenvalue weighted by Gasteiger charge is -2.26. The molecule has 88 valence electrons. The topological polar surface area (TPSA) is 61.0 Å². The second-order valence-corrected chi connectivity index (χ2v) is 4.96. The molecule has 1 aromatic rings.